The quantitative estimate of drug-likeness (QED) is 0.242. The van der Waals surface area contributed by atoms with Crippen LogP contribution in [0.15, 0.2) is 4.99 Å². The van der Waals surface area contributed by atoms with Crippen molar-refractivity contribution in [2.75, 3.05) is 7.05 Å². The highest BCUT2D eigenvalue weighted by atomic mass is 16.4. The molecule has 0 heterocycles. The van der Waals surface area contributed by atoms with Gasteiger partial charge in [0.25, 0.3) is 0 Å². The number of amides is 1. The van der Waals surface area contributed by atoms with Crippen molar-refractivity contribution in [3.63, 3.8) is 0 Å². The van der Waals surface area contributed by atoms with Crippen molar-refractivity contribution in [2.45, 2.75) is 44.3 Å². The lowest BCUT2D eigenvalue weighted by atomic mass is 9.86. The zero-order valence-corrected chi connectivity index (χ0v) is 10.3. The molecule has 0 aliphatic heterocycles. The van der Waals surface area contributed by atoms with E-state index in [1.165, 1.54) is 0 Å². The summed E-state index contributed by atoms with van der Waals surface area (Å²) in [4.78, 5) is 15.1. The van der Waals surface area contributed by atoms with Crippen LogP contribution in [-0.2, 0) is 0 Å². The van der Waals surface area contributed by atoms with Crippen LogP contribution in [0.1, 0.15) is 32.6 Å². The fourth-order valence-electron chi connectivity index (χ4n) is 2.29. The molecule has 0 atom stereocenters. The summed E-state index contributed by atoms with van der Waals surface area (Å²) in [6.45, 7) is 1.66. The number of carboxylic acid groups (broad SMARTS) is 1. The third-order valence-corrected chi connectivity index (χ3v) is 3.09. The lowest BCUT2D eigenvalue weighted by Crippen LogP contribution is -2.53. The molecule has 0 spiro atoms. The monoisotopic (exact) mass is 243 g/mol. The van der Waals surface area contributed by atoms with E-state index in [2.05, 4.69) is 10.3 Å². The van der Waals surface area contributed by atoms with E-state index in [0.29, 0.717) is 18.7 Å². The van der Waals surface area contributed by atoms with Crippen molar-refractivity contribution in [2.24, 2.45) is 16.6 Å². The topological polar surface area (TPSA) is 117 Å². The van der Waals surface area contributed by atoms with Crippen LogP contribution in [0.2, 0.25) is 0 Å². The van der Waals surface area contributed by atoms with Crippen LogP contribution < -0.4 is 16.9 Å². The number of amidine groups is 1. The predicted octanol–water partition coefficient (Wildman–Crippen LogP) is 0.0755. The molecule has 0 bridgehead atoms. The summed E-state index contributed by atoms with van der Waals surface area (Å²) in [6, 6.07) is 0.270. The van der Waals surface area contributed by atoms with E-state index in [1.807, 2.05) is 7.05 Å². The van der Waals surface area contributed by atoms with E-state index in [-0.39, 0.29) is 6.04 Å². The molecule has 0 saturated heterocycles. The maximum Gasteiger partial charge on any atom is 0.406 e. The molecule has 1 amide bonds. The number of nitrogens with one attached hydrogen (secondary N) is 1. The Kier molecular flexibility index (Phi) is 4.30. The normalized spacial score (nSPS) is 30.4. The van der Waals surface area contributed by atoms with Gasteiger partial charge in [-0.2, -0.15) is 0 Å². The van der Waals surface area contributed by atoms with E-state index in [4.69, 9.17) is 16.7 Å². The van der Waals surface area contributed by atoms with Crippen LogP contribution in [-0.4, -0.2) is 40.8 Å². The number of nitrogens with zero attached hydrogens (tertiary/aromatic N) is 2. The average Bonchev–Trinajstić information content (AvgIpc) is 2.15. The fourth-order valence-corrected chi connectivity index (χ4v) is 2.29. The van der Waals surface area contributed by atoms with Crippen molar-refractivity contribution >= 4 is 11.9 Å². The van der Waals surface area contributed by atoms with Crippen LogP contribution in [0.4, 0.5) is 4.79 Å². The number of carbonyl (C=O) groups is 1. The summed E-state index contributed by atoms with van der Waals surface area (Å²) in [5.41, 5.74) is 4.78. The minimum atomic E-state index is -1.07. The van der Waals surface area contributed by atoms with Crippen molar-refractivity contribution in [3.8, 4) is 0 Å². The molecule has 0 unspecified atom stereocenters. The fraction of sp³-hybridized carbons (Fsp3) is 0.800. The number of aliphatic imine (C=N–C) groups is 1. The molecule has 1 aliphatic rings. The van der Waals surface area contributed by atoms with E-state index >= 15 is 0 Å². The number of rotatable bonds is 3. The van der Waals surface area contributed by atoms with Gasteiger partial charge in [0.2, 0.25) is 0 Å². The number of nitrogens with two attached hydrogens (primary N) is 2. The molecule has 1 rings (SSSR count). The van der Waals surface area contributed by atoms with Crippen LogP contribution in [0.25, 0.3) is 0 Å². The summed E-state index contributed by atoms with van der Waals surface area (Å²) in [5, 5.41) is 13.0. The zero-order chi connectivity index (χ0) is 13.1. The molecule has 7 nitrogen and oxygen atoms in total. The second-order valence-electron chi connectivity index (χ2n) is 4.61. The first kappa shape index (κ1) is 13.7. The molecular weight excluding hydrogens is 222 g/mol. The van der Waals surface area contributed by atoms with Gasteiger partial charge in [0.1, 0.15) is 5.66 Å². The van der Waals surface area contributed by atoms with Gasteiger partial charge in [0.05, 0.1) is 5.84 Å². The van der Waals surface area contributed by atoms with Gasteiger partial charge in [0.15, 0.2) is 0 Å². The van der Waals surface area contributed by atoms with Gasteiger partial charge in [-0.25, -0.2) is 14.8 Å². The van der Waals surface area contributed by atoms with Crippen LogP contribution in [0.5, 0.6) is 0 Å². The minimum absolute atomic E-state index is 0.270. The number of hydrogen-bond acceptors (Lipinski definition) is 4. The molecule has 7 heteroatoms. The number of hydrazine groups is 1. The van der Waals surface area contributed by atoms with E-state index in [1.54, 1.807) is 11.9 Å². The van der Waals surface area contributed by atoms with Crippen LogP contribution >= 0.6 is 0 Å². The Morgan fingerprint density at radius 3 is 2.41 bits per heavy atom. The van der Waals surface area contributed by atoms with Gasteiger partial charge in [-0.3, -0.25) is 11.2 Å². The van der Waals surface area contributed by atoms with Gasteiger partial charge in [-0.15, -0.1) is 0 Å². The minimum Gasteiger partial charge on any atom is -0.465 e. The Morgan fingerprint density at radius 2 is 2.06 bits per heavy atom. The van der Waals surface area contributed by atoms with Crippen LogP contribution in [0, 0.1) is 0 Å². The first-order chi connectivity index (χ1) is 7.84. The predicted molar refractivity (Wildman–Crippen MR) is 65.4 cm³/mol. The highest BCUT2D eigenvalue weighted by molar-refractivity contribution is 5.78. The largest absolute Gasteiger partial charge is 0.465 e. The molecule has 0 aromatic rings. The van der Waals surface area contributed by atoms with Crippen molar-refractivity contribution < 1.29 is 9.90 Å². The molecule has 1 saturated carbocycles. The molecule has 98 valence electrons. The Morgan fingerprint density at radius 1 is 1.53 bits per heavy atom. The Balaban J connectivity index is 2.75. The SMILES string of the molecule is C/C(N)=N/C1(NC(=O)O)CCC(N(C)N)CC1. The summed E-state index contributed by atoms with van der Waals surface area (Å²) in [7, 11) is 1.82. The highest BCUT2D eigenvalue weighted by Crippen LogP contribution is 2.31. The third-order valence-electron chi connectivity index (χ3n) is 3.09. The smallest absolute Gasteiger partial charge is 0.406 e. The molecule has 17 heavy (non-hydrogen) atoms. The molecule has 1 aliphatic carbocycles. The lowest BCUT2D eigenvalue weighted by molar-refractivity contribution is 0.125. The standard InChI is InChI=1S/C10H21N5O2/c1-7(11)13-10(14-9(16)17)5-3-8(4-6-10)15(2)12/h8,14H,3-6,12H2,1-2H3,(H2,11,13)(H,16,17). The third kappa shape index (κ3) is 3.86. The zero-order valence-electron chi connectivity index (χ0n) is 10.3. The molecular formula is C10H21N5O2. The molecule has 0 aromatic heterocycles. The van der Waals surface area contributed by atoms with E-state index < -0.39 is 11.8 Å². The molecule has 1 fully saturated rings. The molecule has 0 radical (unpaired) electrons. The second kappa shape index (κ2) is 5.33. The van der Waals surface area contributed by atoms with Crippen molar-refractivity contribution in [1.82, 2.24) is 10.3 Å². The Labute approximate surface area is 101 Å². The maximum absolute atomic E-state index is 10.8. The average molecular weight is 243 g/mol. The first-order valence-corrected chi connectivity index (χ1v) is 5.65. The summed E-state index contributed by atoms with van der Waals surface area (Å²) in [5.74, 6) is 6.08. The number of hydrogen-bond donors (Lipinski definition) is 4. The second-order valence-corrected chi connectivity index (χ2v) is 4.61. The van der Waals surface area contributed by atoms with E-state index in [0.717, 1.165) is 12.8 Å². The Bertz CT molecular complexity index is 304. The first-order valence-electron chi connectivity index (χ1n) is 5.65. The lowest BCUT2D eigenvalue weighted by Gasteiger charge is -2.39. The van der Waals surface area contributed by atoms with Crippen molar-refractivity contribution in [3.05, 3.63) is 0 Å². The van der Waals surface area contributed by atoms with Gasteiger partial charge >= 0.3 is 6.09 Å². The molecule has 0 aromatic carbocycles. The molecule has 6 N–H and O–H groups in total. The van der Waals surface area contributed by atoms with Gasteiger partial charge in [-0.05, 0) is 32.6 Å². The summed E-state index contributed by atoms with van der Waals surface area (Å²) in [6.07, 6.45) is 1.74. The van der Waals surface area contributed by atoms with E-state index in [9.17, 15) is 4.79 Å². The van der Waals surface area contributed by atoms with Gasteiger partial charge < -0.3 is 10.8 Å². The maximum atomic E-state index is 10.8. The summed E-state index contributed by atoms with van der Waals surface area (Å²) < 4.78 is 0. The summed E-state index contributed by atoms with van der Waals surface area (Å²) >= 11 is 0. The highest BCUT2D eigenvalue weighted by Gasteiger charge is 2.37. The van der Waals surface area contributed by atoms with Crippen LogP contribution in [0.3, 0.4) is 0 Å². The Hall–Kier alpha value is -1.34. The van der Waals surface area contributed by atoms with Gasteiger partial charge in [0, 0.05) is 13.1 Å². The van der Waals surface area contributed by atoms with Crippen molar-refractivity contribution in [1.29, 1.82) is 0 Å². The van der Waals surface area contributed by atoms with Gasteiger partial charge in [-0.1, -0.05) is 0 Å².